The van der Waals surface area contributed by atoms with Crippen molar-refractivity contribution < 1.29 is 4.79 Å². The first-order chi connectivity index (χ1) is 7.61. The number of hydrogen-bond acceptors (Lipinski definition) is 2. The fourth-order valence-electron chi connectivity index (χ4n) is 1.69. The van der Waals surface area contributed by atoms with Crippen molar-refractivity contribution in [3.63, 3.8) is 0 Å². The Bertz CT molecular complexity index is 236. The number of carbonyl (C=O) groups is 1. The topological polar surface area (TPSA) is 55.1 Å². The molecule has 1 amide bonds. The third kappa shape index (κ3) is 10.8. The van der Waals surface area contributed by atoms with Gasteiger partial charge in [-0.1, -0.05) is 34.6 Å². The number of hydrogen-bond donors (Lipinski definition) is 2. The molecule has 0 rings (SSSR count). The van der Waals surface area contributed by atoms with Crippen LogP contribution in [0.5, 0.6) is 0 Å². The molecule has 0 aromatic heterocycles. The molecule has 0 spiro atoms. The molecule has 2 atom stereocenters. The van der Waals surface area contributed by atoms with Crippen molar-refractivity contribution in [2.75, 3.05) is 0 Å². The molecule has 0 aromatic carbocycles. The summed E-state index contributed by atoms with van der Waals surface area (Å²) in [6.07, 6.45) is 2.86. The SMILES string of the molecule is CC(C)C[C@H](N)C(=O)NC(C)CCC(C)(C)C.Cl. The first-order valence-corrected chi connectivity index (χ1v) is 6.68. The molecule has 0 radical (unpaired) electrons. The monoisotopic (exact) mass is 278 g/mol. The average Bonchev–Trinajstić information content (AvgIpc) is 2.12. The molecule has 18 heavy (non-hydrogen) atoms. The summed E-state index contributed by atoms with van der Waals surface area (Å²) in [6, 6.07) is -0.160. The van der Waals surface area contributed by atoms with E-state index in [9.17, 15) is 4.79 Å². The standard InChI is InChI=1S/C14H30N2O.ClH/c1-10(2)9-12(15)13(17)16-11(3)7-8-14(4,5)6;/h10-12H,7-9,15H2,1-6H3,(H,16,17);1H/t11?,12-;/m0./s1. The first-order valence-electron chi connectivity index (χ1n) is 6.68. The molecule has 1 unspecified atom stereocenters. The summed E-state index contributed by atoms with van der Waals surface area (Å²) in [6.45, 7) is 12.8. The minimum atomic E-state index is -0.368. The molecule has 110 valence electrons. The van der Waals surface area contributed by atoms with Crippen LogP contribution < -0.4 is 11.1 Å². The highest BCUT2D eigenvalue weighted by Crippen LogP contribution is 2.21. The quantitative estimate of drug-likeness (QED) is 0.784. The smallest absolute Gasteiger partial charge is 0.237 e. The maximum Gasteiger partial charge on any atom is 0.237 e. The minimum absolute atomic E-state index is 0. The molecule has 0 aliphatic carbocycles. The summed E-state index contributed by atoms with van der Waals surface area (Å²) in [7, 11) is 0. The van der Waals surface area contributed by atoms with Crippen LogP contribution in [0.1, 0.15) is 60.8 Å². The number of nitrogens with one attached hydrogen (secondary N) is 1. The summed E-state index contributed by atoms with van der Waals surface area (Å²) in [5, 5.41) is 2.99. The van der Waals surface area contributed by atoms with Crippen LogP contribution in [0.15, 0.2) is 0 Å². The Morgan fingerprint density at radius 2 is 1.72 bits per heavy atom. The van der Waals surface area contributed by atoms with Gasteiger partial charge in [-0.05, 0) is 37.5 Å². The van der Waals surface area contributed by atoms with Crippen molar-refractivity contribution in [3.05, 3.63) is 0 Å². The molecule has 0 saturated heterocycles. The Morgan fingerprint density at radius 3 is 2.11 bits per heavy atom. The Morgan fingerprint density at radius 1 is 1.22 bits per heavy atom. The predicted molar refractivity (Wildman–Crippen MR) is 81.0 cm³/mol. The van der Waals surface area contributed by atoms with Gasteiger partial charge in [-0.2, -0.15) is 0 Å². The Hall–Kier alpha value is -0.280. The fraction of sp³-hybridized carbons (Fsp3) is 0.929. The van der Waals surface area contributed by atoms with E-state index in [0.717, 1.165) is 19.3 Å². The molecule has 0 aliphatic heterocycles. The van der Waals surface area contributed by atoms with E-state index in [4.69, 9.17) is 5.73 Å². The van der Waals surface area contributed by atoms with Gasteiger partial charge in [0.05, 0.1) is 6.04 Å². The van der Waals surface area contributed by atoms with Gasteiger partial charge in [-0.25, -0.2) is 0 Å². The summed E-state index contributed by atoms with van der Waals surface area (Å²) in [5.74, 6) is 0.445. The van der Waals surface area contributed by atoms with Crippen molar-refractivity contribution in [1.29, 1.82) is 0 Å². The Labute approximate surface area is 119 Å². The van der Waals surface area contributed by atoms with E-state index in [1.54, 1.807) is 0 Å². The highest BCUT2D eigenvalue weighted by atomic mass is 35.5. The fourth-order valence-corrected chi connectivity index (χ4v) is 1.69. The predicted octanol–water partition coefficient (Wildman–Crippen LogP) is 3.11. The van der Waals surface area contributed by atoms with E-state index in [1.807, 2.05) is 6.92 Å². The lowest BCUT2D eigenvalue weighted by atomic mass is 9.89. The molecule has 0 aromatic rings. The van der Waals surface area contributed by atoms with Crippen LogP contribution in [0, 0.1) is 11.3 Å². The minimum Gasteiger partial charge on any atom is -0.352 e. The number of amides is 1. The lowest BCUT2D eigenvalue weighted by Crippen LogP contribution is -2.45. The highest BCUT2D eigenvalue weighted by Gasteiger charge is 2.18. The lowest BCUT2D eigenvalue weighted by Gasteiger charge is -2.23. The molecule has 0 aliphatic rings. The van der Waals surface area contributed by atoms with Gasteiger partial charge in [0, 0.05) is 6.04 Å². The van der Waals surface area contributed by atoms with Crippen LogP contribution in [-0.4, -0.2) is 18.0 Å². The van der Waals surface area contributed by atoms with Crippen LogP contribution in [0.4, 0.5) is 0 Å². The summed E-state index contributed by atoms with van der Waals surface area (Å²) in [5.41, 5.74) is 6.15. The number of nitrogens with two attached hydrogens (primary N) is 1. The van der Waals surface area contributed by atoms with Crippen LogP contribution in [0.3, 0.4) is 0 Å². The van der Waals surface area contributed by atoms with Gasteiger partial charge in [-0.3, -0.25) is 4.79 Å². The van der Waals surface area contributed by atoms with Gasteiger partial charge in [0.2, 0.25) is 5.91 Å². The normalized spacial score (nSPS) is 14.9. The van der Waals surface area contributed by atoms with E-state index in [-0.39, 0.29) is 30.4 Å². The molecule has 3 nitrogen and oxygen atoms in total. The molecule has 0 fully saturated rings. The largest absolute Gasteiger partial charge is 0.352 e. The Kier molecular flexibility index (Phi) is 9.75. The Balaban J connectivity index is 0. The number of halogens is 1. The lowest BCUT2D eigenvalue weighted by molar-refractivity contribution is -0.123. The summed E-state index contributed by atoms with van der Waals surface area (Å²) in [4.78, 5) is 11.8. The zero-order valence-electron chi connectivity index (χ0n) is 12.7. The summed E-state index contributed by atoms with van der Waals surface area (Å²) >= 11 is 0. The van der Waals surface area contributed by atoms with Crippen LogP contribution >= 0.6 is 12.4 Å². The van der Waals surface area contributed by atoms with E-state index < -0.39 is 0 Å². The second kappa shape index (κ2) is 8.76. The zero-order chi connectivity index (χ0) is 13.6. The van der Waals surface area contributed by atoms with Crippen molar-refractivity contribution in [3.8, 4) is 0 Å². The molecule has 0 bridgehead atoms. The third-order valence-corrected chi connectivity index (χ3v) is 2.78. The van der Waals surface area contributed by atoms with E-state index in [0.29, 0.717) is 11.3 Å². The van der Waals surface area contributed by atoms with Crippen molar-refractivity contribution >= 4 is 18.3 Å². The van der Waals surface area contributed by atoms with Gasteiger partial charge in [0.25, 0.3) is 0 Å². The third-order valence-electron chi connectivity index (χ3n) is 2.78. The molecular formula is C14H31ClN2O. The number of rotatable bonds is 6. The maximum atomic E-state index is 11.8. The molecule has 4 heteroatoms. The van der Waals surface area contributed by atoms with Crippen LogP contribution in [0.2, 0.25) is 0 Å². The average molecular weight is 279 g/mol. The van der Waals surface area contributed by atoms with Crippen molar-refractivity contribution in [1.82, 2.24) is 5.32 Å². The highest BCUT2D eigenvalue weighted by molar-refractivity contribution is 5.85. The molecular weight excluding hydrogens is 248 g/mol. The van der Waals surface area contributed by atoms with Gasteiger partial charge < -0.3 is 11.1 Å². The zero-order valence-corrected chi connectivity index (χ0v) is 13.6. The second-order valence-electron chi connectivity index (χ2n) is 6.75. The van der Waals surface area contributed by atoms with Crippen molar-refractivity contribution in [2.45, 2.75) is 72.9 Å². The molecule has 0 heterocycles. The van der Waals surface area contributed by atoms with E-state index in [2.05, 4.69) is 39.9 Å². The molecule has 0 saturated carbocycles. The van der Waals surface area contributed by atoms with Crippen LogP contribution in [-0.2, 0) is 4.79 Å². The second-order valence-corrected chi connectivity index (χ2v) is 6.75. The van der Waals surface area contributed by atoms with Gasteiger partial charge in [0.15, 0.2) is 0 Å². The number of carbonyl (C=O) groups excluding carboxylic acids is 1. The summed E-state index contributed by atoms with van der Waals surface area (Å²) < 4.78 is 0. The first kappa shape index (κ1) is 20.0. The van der Waals surface area contributed by atoms with Gasteiger partial charge in [-0.15, -0.1) is 12.4 Å². The van der Waals surface area contributed by atoms with E-state index in [1.165, 1.54) is 0 Å². The van der Waals surface area contributed by atoms with E-state index >= 15 is 0 Å². The maximum absolute atomic E-state index is 11.8. The van der Waals surface area contributed by atoms with Crippen LogP contribution in [0.25, 0.3) is 0 Å². The van der Waals surface area contributed by atoms with Crippen molar-refractivity contribution in [2.24, 2.45) is 17.1 Å². The van der Waals surface area contributed by atoms with Gasteiger partial charge >= 0.3 is 0 Å². The van der Waals surface area contributed by atoms with Gasteiger partial charge in [0.1, 0.15) is 0 Å². The molecule has 3 N–H and O–H groups in total.